The number of rotatable bonds is 5. The van der Waals surface area contributed by atoms with Crippen molar-refractivity contribution in [2.24, 2.45) is 0 Å². The minimum absolute atomic E-state index is 0.0601. The molecule has 1 fully saturated rings. The van der Waals surface area contributed by atoms with E-state index in [4.69, 9.17) is 13.9 Å². The highest BCUT2D eigenvalue weighted by atomic mass is 19.4. The molecular formula is C27H29F3N2O5. The Morgan fingerprint density at radius 2 is 1.81 bits per heavy atom. The molecule has 0 bridgehead atoms. The van der Waals surface area contributed by atoms with Gasteiger partial charge in [-0.25, -0.2) is 4.79 Å². The van der Waals surface area contributed by atoms with Crippen LogP contribution in [0.4, 0.5) is 18.0 Å². The molecule has 0 radical (unpaired) electrons. The maximum Gasteiger partial charge on any atom is 0.416 e. The summed E-state index contributed by atoms with van der Waals surface area (Å²) in [6.07, 6.45) is -4.21. The van der Waals surface area contributed by atoms with Crippen LogP contribution in [0, 0.1) is 6.92 Å². The van der Waals surface area contributed by atoms with Gasteiger partial charge in [-0.05, 0) is 70.0 Å². The number of alkyl halides is 3. The van der Waals surface area contributed by atoms with Crippen LogP contribution in [0.15, 0.2) is 46.9 Å². The SMILES string of the molecule is Cc1oc2ccc(OCc3ccc(C(F)(F)F)cc3)cc2c1C(=O)N[C@@H]1CCN(C(=O)OC(C)(C)C)C1. The molecule has 10 heteroatoms. The first-order chi connectivity index (χ1) is 17.3. The summed E-state index contributed by atoms with van der Waals surface area (Å²) < 4.78 is 55.2. The normalized spacial score (nSPS) is 16.2. The van der Waals surface area contributed by atoms with E-state index in [9.17, 15) is 22.8 Å². The Morgan fingerprint density at radius 1 is 1.11 bits per heavy atom. The lowest BCUT2D eigenvalue weighted by Gasteiger charge is -2.24. The average molecular weight is 519 g/mol. The molecule has 198 valence electrons. The van der Waals surface area contributed by atoms with Crippen molar-refractivity contribution in [3.05, 3.63) is 64.9 Å². The second-order valence-corrected chi connectivity index (χ2v) is 10.1. The number of nitrogens with zero attached hydrogens (tertiary/aromatic N) is 1. The molecule has 1 atom stereocenters. The van der Waals surface area contributed by atoms with E-state index >= 15 is 0 Å². The van der Waals surface area contributed by atoms with Gasteiger partial charge in [-0.1, -0.05) is 12.1 Å². The molecule has 37 heavy (non-hydrogen) atoms. The molecule has 0 unspecified atom stereocenters. The monoisotopic (exact) mass is 518 g/mol. The fraction of sp³-hybridized carbons (Fsp3) is 0.407. The zero-order valence-electron chi connectivity index (χ0n) is 21.1. The number of carbonyl (C=O) groups is 2. The van der Waals surface area contributed by atoms with Gasteiger partial charge in [0, 0.05) is 24.5 Å². The van der Waals surface area contributed by atoms with Crippen LogP contribution in [0.3, 0.4) is 0 Å². The van der Waals surface area contributed by atoms with E-state index in [0.29, 0.717) is 53.1 Å². The summed E-state index contributed by atoms with van der Waals surface area (Å²) in [6, 6.07) is 9.55. The van der Waals surface area contributed by atoms with Gasteiger partial charge in [-0.2, -0.15) is 13.2 Å². The zero-order valence-corrected chi connectivity index (χ0v) is 21.1. The number of aryl methyl sites for hydroxylation is 1. The molecule has 2 heterocycles. The molecule has 1 aliphatic rings. The van der Waals surface area contributed by atoms with Gasteiger partial charge in [-0.3, -0.25) is 4.79 Å². The predicted octanol–water partition coefficient (Wildman–Crippen LogP) is 6.08. The number of nitrogens with one attached hydrogen (secondary N) is 1. The standard InChI is InChI=1S/C27H29F3N2O5/c1-16-23(24(33)31-19-11-12-32(14-19)25(34)37-26(2,3)4)21-13-20(9-10-22(21)36-16)35-15-17-5-7-18(8-6-17)27(28,29)30/h5-10,13,19H,11-12,14-15H2,1-4H3,(H,31,33)/t19-/m1/s1. The Labute approximate surface area is 212 Å². The van der Waals surface area contributed by atoms with E-state index in [1.165, 1.54) is 12.1 Å². The molecule has 1 N–H and O–H groups in total. The van der Waals surface area contributed by atoms with E-state index in [-0.39, 0.29) is 18.6 Å². The number of furan rings is 1. The van der Waals surface area contributed by atoms with Crippen molar-refractivity contribution in [2.45, 2.75) is 58.5 Å². The lowest BCUT2D eigenvalue weighted by molar-refractivity contribution is -0.137. The average Bonchev–Trinajstić information content (AvgIpc) is 3.39. The molecule has 2 aromatic carbocycles. The number of ether oxygens (including phenoxy) is 2. The summed E-state index contributed by atoms with van der Waals surface area (Å²) in [5.41, 5.74) is 0.123. The number of benzene rings is 2. The molecule has 7 nitrogen and oxygen atoms in total. The highest BCUT2D eigenvalue weighted by molar-refractivity contribution is 6.07. The van der Waals surface area contributed by atoms with Crippen molar-refractivity contribution >= 4 is 23.0 Å². The number of halogens is 3. The first-order valence-corrected chi connectivity index (χ1v) is 11.9. The van der Waals surface area contributed by atoms with Gasteiger partial charge in [0.05, 0.1) is 11.1 Å². The number of likely N-dealkylation sites (tertiary alicyclic amines) is 1. The molecule has 1 saturated heterocycles. The summed E-state index contributed by atoms with van der Waals surface area (Å²) in [6.45, 7) is 7.98. The first-order valence-electron chi connectivity index (χ1n) is 11.9. The Hall–Kier alpha value is -3.69. The maximum atomic E-state index is 13.2. The van der Waals surface area contributed by atoms with Crippen molar-refractivity contribution in [3.63, 3.8) is 0 Å². The van der Waals surface area contributed by atoms with E-state index in [1.807, 2.05) is 0 Å². The number of fused-ring (bicyclic) bond motifs is 1. The summed E-state index contributed by atoms with van der Waals surface area (Å²) in [7, 11) is 0. The van der Waals surface area contributed by atoms with Crippen LogP contribution in [0.5, 0.6) is 5.75 Å². The topological polar surface area (TPSA) is 81.0 Å². The Balaban J connectivity index is 1.43. The molecule has 1 aliphatic heterocycles. The van der Waals surface area contributed by atoms with Crippen molar-refractivity contribution in [1.82, 2.24) is 10.2 Å². The quantitative estimate of drug-likeness (QED) is 0.443. The van der Waals surface area contributed by atoms with Crippen LogP contribution in [0.25, 0.3) is 11.0 Å². The third kappa shape index (κ3) is 6.36. The second-order valence-electron chi connectivity index (χ2n) is 10.1. The molecule has 0 aliphatic carbocycles. The van der Waals surface area contributed by atoms with E-state index in [2.05, 4.69) is 5.32 Å². The summed E-state index contributed by atoms with van der Waals surface area (Å²) in [5, 5.41) is 3.53. The van der Waals surface area contributed by atoms with Gasteiger partial charge >= 0.3 is 12.3 Å². The smallest absolute Gasteiger partial charge is 0.416 e. The van der Waals surface area contributed by atoms with Gasteiger partial charge in [0.25, 0.3) is 5.91 Å². The zero-order chi connectivity index (χ0) is 27.0. The molecule has 0 spiro atoms. The van der Waals surface area contributed by atoms with Crippen LogP contribution in [0.1, 0.15) is 54.4 Å². The Kier molecular flexibility index (Phi) is 7.12. The minimum atomic E-state index is -4.40. The largest absolute Gasteiger partial charge is 0.489 e. The summed E-state index contributed by atoms with van der Waals surface area (Å²) >= 11 is 0. The van der Waals surface area contributed by atoms with Crippen molar-refractivity contribution in [1.29, 1.82) is 0 Å². The number of hydrogen-bond donors (Lipinski definition) is 1. The number of hydrogen-bond acceptors (Lipinski definition) is 5. The summed E-state index contributed by atoms with van der Waals surface area (Å²) in [4.78, 5) is 27.1. The fourth-order valence-corrected chi connectivity index (χ4v) is 4.16. The molecule has 3 aromatic rings. The van der Waals surface area contributed by atoms with Gasteiger partial charge in [0.15, 0.2) is 0 Å². The van der Waals surface area contributed by atoms with Crippen molar-refractivity contribution in [3.8, 4) is 5.75 Å². The second kappa shape index (κ2) is 9.99. The lowest BCUT2D eigenvalue weighted by atomic mass is 10.1. The summed E-state index contributed by atoms with van der Waals surface area (Å²) in [5.74, 6) is 0.556. The van der Waals surface area contributed by atoms with Crippen LogP contribution in [0.2, 0.25) is 0 Å². The van der Waals surface area contributed by atoms with Crippen molar-refractivity contribution < 1.29 is 36.7 Å². The van der Waals surface area contributed by atoms with Gasteiger partial charge in [0.2, 0.25) is 0 Å². The molecule has 0 saturated carbocycles. The van der Waals surface area contributed by atoms with Crippen LogP contribution in [-0.2, 0) is 17.5 Å². The van der Waals surface area contributed by atoms with Crippen molar-refractivity contribution in [2.75, 3.05) is 13.1 Å². The maximum absolute atomic E-state index is 13.2. The van der Waals surface area contributed by atoms with Crippen LogP contribution < -0.4 is 10.1 Å². The third-order valence-electron chi connectivity index (χ3n) is 5.92. The predicted molar refractivity (Wildman–Crippen MR) is 130 cm³/mol. The highest BCUT2D eigenvalue weighted by Gasteiger charge is 2.32. The lowest BCUT2D eigenvalue weighted by Crippen LogP contribution is -2.40. The fourth-order valence-electron chi connectivity index (χ4n) is 4.16. The molecule has 4 rings (SSSR count). The molecule has 2 amide bonds. The van der Waals surface area contributed by atoms with Crippen LogP contribution in [-0.4, -0.2) is 41.6 Å². The Morgan fingerprint density at radius 3 is 2.46 bits per heavy atom. The molecule has 1 aromatic heterocycles. The number of amides is 2. The van der Waals surface area contributed by atoms with Gasteiger partial charge < -0.3 is 24.1 Å². The number of carbonyl (C=O) groups excluding carboxylic acids is 2. The first kappa shape index (κ1) is 26.4. The highest BCUT2D eigenvalue weighted by Crippen LogP contribution is 2.31. The molecular weight excluding hydrogens is 489 g/mol. The van der Waals surface area contributed by atoms with E-state index in [0.717, 1.165) is 12.1 Å². The van der Waals surface area contributed by atoms with Gasteiger partial charge in [0.1, 0.15) is 29.3 Å². The Bertz CT molecular complexity index is 1290. The third-order valence-corrected chi connectivity index (χ3v) is 5.92. The van der Waals surface area contributed by atoms with Crippen LogP contribution >= 0.6 is 0 Å². The van der Waals surface area contributed by atoms with E-state index in [1.54, 1.807) is 50.8 Å². The minimum Gasteiger partial charge on any atom is -0.489 e. The van der Waals surface area contributed by atoms with E-state index < -0.39 is 23.4 Å². The van der Waals surface area contributed by atoms with Gasteiger partial charge in [-0.15, -0.1) is 0 Å².